The molecule has 0 spiro atoms. The van der Waals surface area contributed by atoms with Gasteiger partial charge in [0.15, 0.2) is 0 Å². The quantitative estimate of drug-likeness (QED) is 0.154. The number of carbonyl (C=O) groups excluding carboxylic acids is 3. The third kappa shape index (κ3) is 10.6. The smallest absolute Gasteiger partial charge is 0.390 e. The van der Waals surface area contributed by atoms with Crippen molar-refractivity contribution in [1.82, 2.24) is 20.9 Å². The molecule has 270 valence electrons. The third-order valence-corrected chi connectivity index (χ3v) is 8.91. The molecule has 0 aliphatic carbocycles. The zero-order valence-electron chi connectivity index (χ0n) is 28.6. The Labute approximate surface area is 290 Å². The number of alkyl halides is 3. The number of aliphatic hydroxyl groups is 1. The van der Waals surface area contributed by atoms with Crippen molar-refractivity contribution in [3.8, 4) is 0 Å². The van der Waals surface area contributed by atoms with Crippen molar-refractivity contribution in [2.45, 2.75) is 89.3 Å². The molecule has 0 saturated carbocycles. The second-order valence-electron chi connectivity index (χ2n) is 13.5. The highest BCUT2D eigenvalue weighted by atomic mass is 19.4. The summed E-state index contributed by atoms with van der Waals surface area (Å²) in [6.45, 7) is 5.25. The van der Waals surface area contributed by atoms with Crippen molar-refractivity contribution in [2.75, 3.05) is 13.1 Å². The van der Waals surface area contributed by atoms with Gasteiger partial charge in [-0.3, -0.25) is 14.4 Å². The van der Waals surface area contributed by atoms with Crippen LogP contribution in [0.15, 0.2) is 78.9 Å². The van der Waals surface area contributed by atoms with E-state index in [1.54, 1.807) is 0 Å². The van der Waals surface area contributed by atoms with Crippen molar-refractivity contribution >= 4 is 17.7 Å². The first-order valence-electron chi connectivity index (χ1n) is 16.9. The SMILES string of the molecule is CC(=O)N[C@]1(CC(C)C)CCN([C@@H](CCc2ccccc2)C(=O)N[C@@H](Cc2ccccc2)[C@H](O)CNCc2cc(F)cc(C(F)(F)F)c2)C1=O. The van der Waals surface area contributed by atoms with Crippen LogP contribution in [0.3, 0.4) is 0 Å². The molecular formula is C38H46F4N4O4. The van der Waals surface area contributed by atoms with Crippen molar-refractivity contribution < 1.29 is 37.1 Å². The average Bonchev–Trinajstić information content (AvgIpc) is 3.34. The molecular weight excluding hydrogens is 652 g/mol. The highest BCUT2D eigenvalue weighted by Crippen LogP contribution is 2.33. The number of amides is 3. The standard InChI is InChI=1S/C38H46F4N4O4/c1-25(2)22-37(45-26(3)47)16-17-46(36(37)50)33(15-14-27-10-6-4-7-11-27)35(49)44-32(20-28-12-8-5-9-13-28)34(48)24-43-23-29-18-30(38(40,41)42)21-31(39)19-29/h4-13,18-19,21,25,32-34,43,48H,14-17,20,22-24H2,1-3H3,(H,44,49)(H,45,47)/t32-,33-,34+,37-/m0/s1. The van der Waals surface area contributed by atoms with Crippen LogP contribution in [0.4, 0.5) is 17.6 Å². The number of carbonyl (C=O) groups is 3. The van der Waals surface area contributed by atoms with Gasteiger partial charge in [-0.05, 0) is 72.9 Å². The number of aryl methyl sites for hydroxylation is 1. The van der Waals surface area contributed by atoms with E-state index in [1.165, 1.54) is 11.8 Å². The molecule has 0 unspecified atom stereocenters. The topological polar surface area (TPSA) is 111 Å². The number of hydrogen-bond acceptors (Lipinski definition) is 5. The van der Waals surface area contributed by atoms with Gasteiger partial charge in [-0.2, -0.15) is 13.2 Å². The van der Waals surface area contributed by atoms with Crippen LogP contribution < -0.4 is 16.0 Å². The lowest BCUT2D eigenvalue weighted by molar-refractivity contribution is -0.143. The molecule has 0 radical (unpaired) electrons. The van der Waals surface area contributed by atoms with Crippen molar-refractivity contribution in [1.29, 1.82) is 0 Å². The van der Waals surface area contributed by atoms with E-state index < -0.39 is 47.2 Å². The third-order valence-electron chi connectivity index (χ3n) is 8.91. The molecule has 0 aromatic heterocycles. The number of nitrogens with one attached hydrogen (secondary N) is 3. The molecule has 0 bridgehead atoms. The van der Waals surface area contributed by atoms with Gasteiger partial charge in [0.25, 0.3) is 0 Å². The van der Waals surface area contributed by atoms with E-state index in [4.69, 9.17) is 0 Å². The van der Waals surface area contributed by atoms with Gasteiger partial charge in [-0.25, -0.2) is 4.39 Å². The molecule has 50 heavy (non-hydrogen) atoms. The Kier molecular flexibility index (Phi) is 13.2. The van der Waals surface area contributed by atoms with Gasteiger partial charge in [0.2, 0.25) is 17.7 Å². The molecule has 4 rings (SSSR count). The van der Waals surface area contributed by atoms with Crippen LogP contribution in [0.2, 0.25) is 0 Å². The second kappa shape index (κ2) is 17.1. The molecule has 1 heterocycles. The first-order chi connectivity index (χ1) is 23.7. The summed E-state index contributed by atoms with van der Waals surface area (Å²) in [7, 11) is 0. The van der Waals surface area contributed by atoms with Crippen molar-refractivity contribution in [2.24, 2.45) is 5.92 Å². The summed E-state index contributed by atoms with van der Waals surface area (Å²) in [4.78, 5) is 42.1. The van der Waals surface area contributed by atoms with E-state index in [0.717, 1.165) is 23.3 Å². The van der Waals surface area contributed by atoms with Gasteiger partial charge in [-0.15, -0.1) is 0 Å². The summed E-state index contributed by atoms with van der Waals surface area (Å²) < 4.78 is 53.6. The van der Waals surface area contributed by atoms with Crippen molar-refractivity contribution in [3.63, 3.8) is 0 Å². The Morgan fingerprint density at radius 2 is 1.60 bits per heavy atom. The molecule has 1 aliphatic heterocycles. The van der Waals surface area contributed by atoms with Gasteiger partial charge < -0.3 is 26.0 Å². The predicted molar refractivity (Wildman–Crippen MR) is 182 cm³/mol. The molecule has 3 amide bonds. The number of benzene rings is 3. The predicted octanol–water partition coefficient (Wildman–Crippen LogP) is 5.18. The van der Waals surface area contributed by atoms with Crippen LogP contribution in [0.25, 0.3) is 0 Å². The van der Waals surface area contributed by atoms with Crippen LogP contribution in [0.1, 0.15) is 62.3 Å². The van der Waals surface area contributed by atoms with E-state index in [1.807, 2.05) is 74.5 Å². The van der Waals surface area contributed by atoms with Crippen LogP contribution in [-0.4, -0.2) is 64.5 Å². The minimum absolute atomic E-state index is 0.0470. The minimum atomic E-state index is -4.72. The summed E-state index contributed by atoms with van der Waals surface area (Å²) >= 11 is 0. The fourth-order valence-corrected chi connectivity index (χ4v) is 6.71. The van der Waals surface area contributed by atoms with E-state index in [9.17, 15) is 37.1 Å². The number of nitrogens with zero attached hydrogens (tertiary/aromatic N) is 1. The zero-order chi connectivity index (χ0) is 36.5. The lowest BCUT2D eigenvalue weighted by Crippen LogP contribution is -2.59. The Bertz CT molecular complexity index is 1590. The van der Waals surface area contributed by atoms with Crippen LogP contribution >= 0.6 is 0 Å². The van der Waals surface area contributed by atoms with Crippen LogP contribution in [0, 0.1) is 11.7 Å². The monoisotopic (exact) mass is 698 g/mol. The molecule has 1 saturated heterocycles. The Morgan fingerprint density at radius 3 is 2.20 bits per heavy atom. The summed E-state index contributed by atoms with van der Waals surface area (Å²) in [5.41, 5.74) is -0.412. The lowest BCUT2D eigenvalue weighted by Gasteiger charge is -2.34. The Morgan fingerprint density at radius 1 is 0.960 bits per heavy atom. The fraction of sp³-hybridized carbons (Fsp3) is 0.447. The van der Waals surface area contributed by atoms with Gasteiger partial charge in [0, 0.05) is 26.6 Å². The highest BCUT2D eigenvalue weighted by molar-refractivity contribution is 5.96. The second-order valence-corrected chi connectivity index (χ2v) is 13.5. The maximum Gasteiger partial charge on any atom is 0.416 e. The molecule has 12 heteroatoms. The highest BCUT2D eigenvalue weighted by Gasteiger charge is 2.50. The fourth-order valence-electron chi connectivity index (χ4n) is 6.71. The van der Waals surface area contributed by atoms with Crippen molar-refractivity contribution in [3.05, 3.63) is 107 Å². The number of halogens is 4. The number of rotatable bonds is 16. The van der Waals surface area contributed by atoms with Gasteiger partial charge >= 0.3 is 6.18 Å². The number of aliphatic hydroxyl groups excluding tert-OH is 1. The van der Waals surface area contributed by atoms with Crippen LogP contribution in [-0.2, 0) is 39.9 Å². The molecule has 8 nitrogen and oxygen atoms in total. The average molecular weight is 699 g/mol. The maximum absolute atomic E-state index is 14.2. The zero-order valence-corrected chi connectivity index (χ0v) is 28.6. The van der Waals surface area contributed by atoms with E-state index >= 15 is 0 Å². The normalized spacial score (nSPS) is 18.2. The molecule has 4 N–H and O–H groups in total. The maximum atomic E-state index is 14.2. The Hall–Kier alpha value is -4.29. The first kappa shape index (κ1) is 38.5. The summed E-state index contributed by atoms with van der Waals surface area (Å²) in [5, 5.41) is 20.1. The molecule has 1 aliphatic rings. The summed E-state index contributed by atoms with van der Waals surface area (Å²) in [6.07, 6.45) is -4.19. The lowest BCUT2D eigenvalue weighted by atomic mass is 9.87. The summed E-state index contributed by atoms with van der Waals surface area (Å²) in [5.74, 6) is -2.08. The Balaban J connectivity index is 1.56. The van der Waals surface area contributed by atoms with Gasteiger partial charge in [0.05, 0.1) is 17.7 Å². The molecule has 4 atom stereocenters. The largest absolute Gasteiger partial charge is 0.416 e. The molecule has 3 aromatic rings. The number of hydrogen-bond donors (Lipinski definition) is 4. The summed E-state index contributed by atoms with van der Waals surface area (Å²) in [6, 6.07) is 19.2. The first-order valence-corrected chi connectivity index (χ1v) is 16.9. The van der Waals surface area contributed by atoms with Crippen LogP contribution in [0.5, 0.6) is 0 Å². The van der Waals surface area contributed by atoms with E-state index in [-0.39, 0.29) is 55.8 Å². The minimum Gasteiger partial charge on any atom is -0.390 e. The van der Waals surface area contributed by atoms with E-state index in [2.05, 4.69) is 16.0 Å². The van der Waals surface area contributed by atoms with E-state index in [0.29, 0.717) is 25.3 Å². The van der Waals surface area contributed by atoms with Gasteiger partial charge in [0.1, 0.15) is 17.4 Å². The van der Waals surface area contributed by atoms with Gasteiger partial charge in [-0.1, -0.05) is 74.5 Å². The molecule has 1 fully saturated rings. The molecule has 3 aromatic carbocycles. The number of likely N-dealkylation sites (tertiary alicyclic amines) is 1.